The van der Waals surface area contributed by atoms with E-state index >= 15 is 0 Å². The molecule has 0 amide bonds. The van der Waals surface area contributed by atoms with E-state index in [1.165, 1.54) is 24.1 Å². The van der Waals surface area contributed by atoms with Gasteiger partial charge in [0.05, 0.1) is 11.1 Å². The zero-order valence-corrected chi connectivity index (χ0v) is 28.8. The van der Waals surface area contributed by atoms with E-state index in [0.29, 0.717) is 35.4 Å². The molecular weight excluding hydrogens is 561 g/mol. The molecule has 0 saturated heterocycles. The fourth-order valence-electron chi connectivity index (χ4n) is 12.2. The van der Waals surface area contributed by atoms with Crippen molar-refractivity contribution in [3.63, 3.8) is 0 Å². The van der Waals surface area contributed by atoms with Gasteiger partial charge in [0.25, 0.3) is 0 Å². The van der Waals surface area contributed by atoms with E-state index in [9.17, 15) is 4.79 Å². The molecule has 44 heavy (non-hydrogen) atoms. The van der Waals surface area contributed by atoms with Crippen LogP contribution in [0, 0.1) is 51.2 Å². The first-order valence-corrected chi connectivity index (χ1v) is 17.7. The lowest BCUT2D eigenvalue weighted by atomic mass is 9.33. The van der Waals surface area contributed by atoms with Crippen LogP contribution in [-0.2, 0) is 28.0 Å². The number of esters is 1. The number of thiol groups is 1. The molecule has 1 heterocycles. The van der Waals surface area contributed by atoms with Gasteiger partial charge in [-0.05, 0) is 108 Å². The van der Waals surface area contributed by atoms with Crippen molar-refractivity contribution in [1.82, 2.24) is 9.97 Å². The summed E-state index contributed by atoms with van der Waals surface area (Å²) in [7, 11) is 0. The molecule has 9 atom stereocenters. The standard InChI is InChI=1S/C39H52N2O2S/c1-24-15-18-39(33(42)43-23-26-11-9-8-10-12-26)20-19-37(6)28(31(39)25(24)2)13-14-30-36(5)21-27-22-40-34(44)41-32(27)35(3,4)29(36)16-17-38(30,37)7/h8-13,22,24-25,29-31H,14-21,23H2,1-7H3,(H,40,41,44)/t24-,25+,29+,30-,31+,36+,37-,38-,39+/m1/s1. The average molecular weight is 613 g/mol. The maximum Gasteiger partial charge on any atom is 0.313 e. The number of nitrogens with zero attached hydrogens (tertiary/aromatic N) is 2. The van der Waals surface area contributed by atoms with Gasteiger partial charge in [0.2, 0.25) is 0 Å². The molecule has 0 spiro atoms. The monoisotopic (exact) mass is 612 g/mol. The molecule has 0 aliphatic heterocycles. The Morgan fingerprint density at radius 1 is 0.977 bits per heavy atom. The molecule has 3 saturated carbocycles. The number of carbonyl (C=O) groups excluding carboxylic acids is 1. The highest BCUT2D eigenvalue weighted by Gasteiger charge is 2.69. The maximum absolute atomic E-state index is 14.3. The highest BCUT2D eigenvalue weighted by Crippen LogP contribution is 2.75. The molecule has 5 aliphatic carbocycles. The first kappa shape index (κ1) is 30.5. The van der Waals surface area contributed by atoms with Gasteiger partial charge in [0.15, 0.2) is 5.16 Å². The summed E-state index contributed by atoms with van der Waals surface area (Å²) < 4.78 is 6.22. The van der Waals surface area contributed by atoms with Gasteiger partial charge in [-0.25, -0.2) is 9.97 Å². The number of allylic oxidation sites excluding steroid dienone is 2. The van der Waals surface area contributed by atoms with Crippen LogP contribution in [0.1, 0.15) is 110 Å². The van der Waals surface area contributed by atoms with Gasteiger partial charge in [0, 0.05) is 11.6 Å². The van der Waals surface area contributed by atoms with Gasteiger partial charge in [-0.1, -0.05) is 90.4 Å². The third kappa shape index (κ3) is 4.05. The Hall–Kier alpha value is -2.14. The minimum Gasteiger partial charge on any atom is -0.460 e. The van der Waals surface area contributed by atoms with Crippen LogP contribution in [0.25, 0.3) is 0 Å². The number of rotatable bonds is 3. The fourth-order valence-corrected chi connectivity index (χ4v) is 12.3. The average Bonchev–Trinajstić information content (AvgIpc) is 2.99. The number of fused-ring (bicyclic) bond motifs is 8. The Morgan fingerprint density at radius 2 is 1.73 bits per heavy atom. The van der Waals surface area contributed by atoms with E-state index < -0.39 is 5.41 Å². The summed E-state index contributed by atoms with van der Waals surface area (Å²) in [4.78, 5) is 23.8. The highest BCUT2D eigenvalue weighted by atomic mass is 32.1. The van der Waals surface area contributed by atoms with Crippen LogP contribution >= 0.6 is 12.6 Å². The number of hydrogen-bond donors (Lipinski definition) is 1. The van der Waals surface area contributed by atoms with Crippen molar-refractivity contribution in [2.24, 2.45) is 51.2 Å². The zero-order valence-electron chi connectivity index (χ0n) is 28.0. The van der Waals surface area contributed by atoms with Crippen molar-refractivity contribution in [2.75, 3.05) is 0 Å². The third-order valence-corrected chi connectivity index (χ3v) is 15.0. The summed E-state index contributed by atoms with van der Waals surface area (Å²) in [5, 5.41) is 0.586. The summed E-state index contributed by atoms with van der Waals surface area (Å²) in [5.41, 5.74) is 5.15. The molecule has 0 radical (unpaired) electrons. The molecule has 5 aliphatic rings. The van der Waals surface area contributed by atoms with Crippen LogP contribution in [0.15, 0.2) is 53.3 Å². The van der Waals surface area contributed by atoms with Gasteiger partial charge in [-0.3, -0.25) is 4.79 Å². The largest absolute Gasteiger partial charge is 0.460 e. The predicted molar refractivity (Wildman–Crippen MR) is 178 cm³/mol. The van der Waals surface area contributed by atoms with E-state index in [-0.39, 0.29) is 33.5 Å². The molecule has 0 unspecified atom stereocenters. The summed E-state index contributed by atoms with van der Waals surface area (Å²) in [5.74, 6) is 2.49. The van der Waals surface area contributed by atoms with Gasteiger partial charge in [-0.15, -0.1) is 12.6 Å². The maximum atomic E-state index is 14.3. The Balaban J connectivity index is 1.27. The van der Waals surface area contributed by atoms with Crippen LogP contribution in [0.2, 0.25) is 0 Å². The van der Waals surface area contributed by atoms with Crippen LogP contribution in [0.5, 0.6) is 0 Å². The fraction of sp³-hybridized carbons (Fsp3) is 0.667. The smallest absolute Gasteiger partial charge is 0.313 e. The quantitative estimate of drug-likeness (QED) is 0.163. The zero-order chi connectivity index (χ0) is 31.3. The number of aromatic nitrogens is 2. The molecule has 1 aromatic heterocycles. The molecule has 7 rings (SSSR count). The van der Waals surface area contributed by atoms with E-state index in [1.807, 2.05) is 18.2 Å². The molecule has 0 bridgehead atoms. The van der Waals surface area contributed by atoms with Crippen molar-refractivity contribution < 1.29 is 9.53 Å². The van der Waals surface area contributed by atoms with Crippen molar-refractivity contribution in [3.05, 3.63) is 65.0 Å². The summed E-state index contributed by atoms with van der Waals surface area (Å²) in [6.07, 6.45) is 13.3. The Labute approximate surface area is 270 Å². The first-order valence-electron chi connectivity index (χ1n) is 17.2. The minimum atomic E-state index is -0.413. The Kier molecular flexibility index (Phi) is 7.06. The second-order valence-corrected chi connectivity index (χ2v) is 17.2. The summed E-state index contributed by atoms with van der Waals surface area (Å²) >= 11 is 4.53. The molecular formula is C39H52N2O2S. The van der Waals surface area contributed by atoms with Crippen molar-refractivity contribution in [1.29, 1.82) is 0 Å². The molecule has 1 aromatic carbocycles. The molecule has 2 aromatic rings. The van der Waals surface area contributed by atoms with E-state index in [1.54, 1.807) is 5.57 Å². The van der Waals surface area contributed by atoms with Gasteiger partial charge < -0.3 is 4.74 Å². The van der Waals surface area contributed by atoms with Gasteiger partial charge in [0.1, 0.15) is 6.61 Å². The topological polar surface area (TPSA) is 52.1 Å². The number of hydrogen-bond acceptors (Lipinski definition) is 5. The molecule has 0 N–H and O–H groups in total. The lowest BCUT2D eigenvalue weighted by molar-refractivity contribution is -0.184. The van der Waals surface area contributed by atoms with Crippen LogP contribution in [-0.4, -0.2) is 15.9 Å². The number of ether oxygens (including phenoxy) is 1. The Bertz CT molecular complexity index is 1500. The third-order valence-electron chi connectivity index (χ3n) is 14.8. The minimum absolute atomic E-state index is 0.0213. The Morgan fingerprint density at radius 3 is 2.48 bits per heavy atom. The van der Waals surface area contributed by atoms with Crippen molar-refractivity contribution in [3.8, 4) is 0 Å². The molecule has 4 nitrogen and oxygen atoms in total. The second kappa shape index (κ2) is 10.2. The van der Waals surface area contributed by atoms with Crippen LogP contribution in [0.4, 0.5) is 0 Å². The van der Waals surface area contributed by atoms with E-state index in [2.05, 4.69) is 90.5 Å². The van der Waals surface area contributed by atoms with Crippen molar-refractivity contribution in [2.45, 2.75) is 117 Å². The molecule has 236 valence electrons. The highest BCUT2D eigenvalue weighted by molar-refractivity contribution is 7.80. The normalized spacial score (nSPS) is 42.0. The van der Waals surface area contributed by atoms with E-state index in [0.717, 1.165) is 44.1 Å². The lowest BCUT2D eigenvalue weighted by Gasteiger charge is -2.70. The van der Waals surface area contributed by atoms with Gasteiger partial charge in [-0.2, -0.15) is 0 Å². The van der Waals surface area contributed by atoms with Gasteiger partial charge >= 0.3 is 5.97 Å². The molecule has 3 fully saturated rings. The van der Waals surface area contributed by atoms with Crippen LogP contribution < -0.4 is 0 Å². The predicted octanol–water partition coefficient (Wildman–Crippen LogP) is 9.18. The van der Waals surface area contributed by atoms with Crippen molar-refractivity contribution >= 4 is 18.6 Å². The lowest BCUT2D eigenvalue weighted by Crippen LogP contribution is -2.65. The first-order chi connectivity index (χ1) is 20.8. The number of benzene rings is 1. The molecule has 5 heteroatoms. The summed E-state index contributed by atoms with van der Waals surface area (Å²) in [6.45, 7) is 17.9. The second-order valence-electron chi connectivity index (χ2n) is 16.8. The van der Waals surface area contributed by atoms with Crippen LogP contribution in [0.3, 0.4) is 0 Å². The van der Waals surface area contributed by atoms with E-state index in [4.69, 9.17) is 9.72 Å². The SMILES string of the molecule is C[C@H]1[C@H](C)CC[C@]2(C(=O)OCc3ccccc3)CC[C@]3(C)C(=CC[C@@H]4[C@@]5(C)Cc6cnc(S)nc6C(C)(C)[C@@H]5CC[C@]43C)[C@H]12. The number of carbonyl (C=O) groups is 1. The summed E-state index contributed by atoms with van der Waals surface area (Å²) in [6, 6.07) is 10.2.